The zero-order valence-corrected chi connectivity index (χ0v) is 15.2. The summed E-state index contributed by atoms with van der Waals surface area (Å²) in [6.45, 7) is 0.237. The Morgan fingerprint density at radius 2 is 1.96 bits per heavy atom. The molecule has 1 aliphatic carbocycles. The van der Waals surface area contributed by atoms with Crippen LogP contribution in [0.25, 0.3) is 10.9 Å². The fraction of sp³-hybridized carbons (Fsp3) is 0.217. The first-order chi connectivity index (χ1) is 13.8. The number of nitrogens with one attached hydrogen (secondary N) is 1. The van der Waals surface area contributed by atoms with Crippen LogP contribution in [0.5, 0.6) is 11.5 Å². The molecule has 3 heterocycles. The number of allylic oxidation sites excluding steroid dienone is 2. The lowest BCUT2D eigenvalue weighted by Gasteiger charge is -2.34. The summed E-state index contributed by atoms with van der Waals surface area (Å²) >= 11 is 0. The van der Waals surface area contributed by atoms with Crippen LogP contribution in [0.15, 0.2) is 59.9 Å². The van der Waals surface area contributed by atoms with Gasteiger partial charge in [-0.05, 0) is 54.3 Å². The number of carbonyl (C=O) groups is 1. The van der Waals surface area contributed by atoms with Crippen LogP contribution in [0.3, 0.4) is 0 Å². The molecule has 1 atom stereocenters. The topological polar surface area (TPSA) is 60.5 Å². The van der Waals surface area contributed by atoms with Gasteiger partial charge in [-0.1, -0.05) is 12.1 Å². The van der Waals surface area contributed by atoms with Crippen LogP contribution in [0, 0.1) is 0 Å². The van der Waals surface area contributed by atoms with Crippen LogP contribution in [-0.2, 0) is 4.79 Å². The van der Waals surface area contributed by atoms with Gasteiger partial charge in [0, 0.05) is 40.9 Å². The fourth-order valence-electron chi connectivity index (χ4n) is 4.66. The summed E-state index contributed by atoms with van der Waals surface area (Å²) in [6.07, 6.45) is 4.19. The first kappa shape index (κ1) is 15.7. The minimum atomic E-state index is -0.138. The first-order valence-electron chi connectivity index (χ1n) is 9.60. The molecule has 0 spiro atoms. The molecular weight excluding hydrogens is 352 g/mol. The number of Topliss-reactive ketones (excluding diaryl/α,β-unsaturated/α-hetero) is 1. The molecule has 2 aliphatic heterocycles. The lowest BCUT2D eigenvalue weighted by Crippen LogP contribution is -2.27. The van der Waals surface area contributed by atoms with E-state index in [0.29, 0.717) is 6.42 Å². The second kappa shape index (κ2) is 5.83. The molecule has 3 aromatic rings. The summed E-state index contributed by atoms with van der Waals surface area (Å²) in [7, 11) is 0. The number of nitrogens with zero attached hydrogens (tertiary/aromatic N) is 1. The van der Waals surface area contributed by atoms with E-state index in [0.717, 1.165) is 63.3 Å². The first-order valence-corrected chi connectivity index (χ1v) is 9.60. The van der Waals surface area contributed by atoms with Gasteiger partial charge in [0.05, 0.1) is 5.52 Å². The number of ether oxygens (including phenoxy) is 2. The predicted octanol–water partition coefficient (Wildman–Crippen LogP) is 4.53. The molecule has 0 radical (unpaired) electrons. The molecule has 6 rings (SSSR count). The zero-order chi connectivity index (χ0) is 18.7. The van der Waals surface area contributed by atoms with Crippen LogP contribution >= 0.6 is 0 Å². The van der Waals surface area contributed by atoms with E-state index in [1.165, 1.54) is 0 Å². The van der Waals surface area contributed by atoms with Gasteiger partial charge in [0.1, 0.15) is 0 Å². The third-order valence-electron chi connectivity index (χ3n) is 5.88. The Bertz CT molecular complexity index is 1180. The van der Waals surface area contributed by atoms with Crippen LogP contribution in [0.4, 0.5) is 5.69 Å². The highest BCUT2D eigenvalue weighted by Gasteiger charge is 2.36. The maximum atomic E-state index is 13.0. The fourth-order valence-corrected chi connectivity index (χ4v) is 4.66. The highest BCUT2D eigenvalue weighted by molar-refractivity contribution is 6.03. The van der Waals surface area contributed by atoms with E-state index in [2.05, 4.69) is 28.5 Å². The van der Waals surface area contributed by atoms with Crippen molar-refractivity contribution in [3.8, 4) is 11.5 Å². The number of hydrogen-bond donors (Lipinski definition) is 1. The normalized spacial score (nSPS) is 20.0. The Morgan fingerprint density at radius 1 is 1.04 bits per heavy atom. The summed E-state index contributed by atoms with van der Waals surface area (Å²) in [5.74, 6) is 1.58. The Kier molecular flexibility index (Phi) is 3.27. The van der Waals surface area contributed by atoms with Gasteiger partial charge in [0.2, 0.25) is 6.79 Å². The summed E-state index contributed by atoms with van der Waals surface area (Å²) < 4.78 is 11.1. The third-order valence-corrected chi connectivity index (χ3v) is 5.88. The van der Waals surface area contributed by atoms with Crippen LogP contribution in [-0.4, -0.2) is 17.6 Å². The van der Waals surface area contributed by atoms with E-state index in [1.807, 2.05) is 24.3 Å². The van der Waals surface area contributed by atoms with Crippen molar-refractivity contribution in [3.05, 3.63) is 71.1 Å². The van der Waals surface area contributed by atoms with Crippen LogP contribution in [0.2, 0.25) is 0 Å². The standard InChI is InChI=1S/C23H18N2O3/c26-18-5-1-4-16-23(18)21(13-6-9-19-20(11-13)28-12-27-19)22-14-3-2-10-24-15(14)7-8-17(22)25-16/h2-3,6-11,21,25H,1,4-5,12H2/t21-/m0/s1. The molecule has 0 unspecified atom stereocenters. The molecule has 5 heteroatoms. The largest absolute Gasteiger partial charge is 0.454 e. The molecule has 0 fully saturated rings. The second-order valence-corrected chi connectivity index (χ2v) is 7.44. The van der Waals surface area contributed by atoms with Crippen molar-refractivity contribution in [3.63, 3.8) is 0 Å². The summed E-state index contributed by atoms with van der Waals surface area (Å²) in [4.78, 5) is 17.5. The van der Waals surface area contributed by atoms with Gasteiger partial charge in [-0.2, -0.15) is 0 Å². The minimum absolute atomic E-state index is 0.138. The van der Waals surface area contributed by atoms with Gasteiger partial charge >= 0.3 is 0 Å². The Balaban J connectivity index is 1.65. The summed E-state index contributed by atoms with van der Waals surface area (Å²) in [6, 6.07) is 14.2. The van der Waals surface area contributed by atoms with E-state index in [1.54, 1.807) is 6.20 Å². The lowest BCUT2D eigenvalue weighted by molar-refractivity contribution is -0.116. The molecule has 0 bridgehead atoms. The van der Waals surface area contributed by atoms with E-state index in [4.69, 9.17) is 9.47 Å². The summed E-state index contributed by atoms with van der Waals surface area (Å²) in [5.41, 5.74) is 6.07. The summed E-state index contributed by atoms with van der Waals surface area (Å²) in [5, 5.41) is 4.62. The number of anilines is 1. The van der Waals surface area contributed by atoms with Crippen LogP contribution < -0.4 is 14.8 Å². The monoisotopic (exact) mass is 370 g/mol. The number of hydrogen-bond acceptors (Lipinski definition) is 5. The van der Waals surface area contributed by atoms with Crippen molar-refractivity contribution < 1.29 is 14.3 Å². The molecule has 0 amide bonds. The number of carbonyl (C=O) groups excluding carboxylic acids is 1. The lowest BCUT2D eigenvalue weighted by atomic mass is 9.74. The van der Waals surface area contributed by atoms with Gasteiger partial charge < -0.3 is 14.8 Å². The van der Waals surface area contributed by atoms with Crippen molar-refractivity contribution in [1.29, 1.82) is 0 Å². The van der Waals surface area contributed by atoms with Gasteiger partial charge in [-0.15, -0.1) is 0 Å². The van der Waals surface area contributed by atoms with Crippen LogP contribution in [0.1, 0.15) is 36.3 Å². The molecule has 138 valence electrons. The average molecular weight is 370 g/mol. The second-order valence-electron chi connectivity index (χ2n) is 7.44. The average Bonchev–Trinajstić information content (AvgIpc) is 3.20. The zero-order valence-electron chi connectivity index (χ0n) is 15.2. The van der Waals surface area contributed by atoms with Crippen molar-refractivity contribution in [2.45, 2.75) is 25.2 Å². The molecule has 0 saturated carbocycles. The Labute approximate surface area is 162 Å². The SMILES string of the molecule is O=C1CCCC2=C1[C@@H](c1ccc3c(c1)OCO3)c1c(ccc3ncccc13)N2. The molecule has 28 heavy (non-hydrogen) atoms. The molecule has 2 aromatic carbocycles. The van der Waals surface area contributed by atoms with Crippen molar-refractivity contribution in [2.24, 2.45) is 0 Å². The highest BCUT2D eigenvalue weighted by atomic mass is 16.7. The number of ketones is 1. The number of pyridine rings is 1. The van der Waals surface area contributed by atoms with Crippen molar-refractivity contribution in [2.75, 3.05) is 12.1 Å². The van der Waals surface area contributed by atoms with Crippen molar-refractivity contribution >= 4 is 22.4 Å². The maximum Gasteiger partial charge on any atom is 0.231 e. The van der Waals surface area contributed by atoms with E-state index >= 15 is 0 Å². The molecule has 1 aromatic heterocycles. The van der Waals surface area contributed by atoms with E-state index < -0.39 is 0 Å². The minimum Gasteiger partial charge on any atom is -0.454 e. The Hall–Kier alpha value is -3.34. The van der Waals surface area contributed by atoms with Gasteiger partial charge in [0.25, 0.3) is 0 Å². The molecular formula is C23H18N2O3. The van der Waals surface area contributed by atoms with Gasteiger partial charge in [-0.25, -0.2) is 0 Å². The quantitative estimate of drug-likeness (QED) is 0.682. The molecule has 1 N–H and O–H groups in total. The van der Waals surface area contributed by atoms with E-state index in [-0.39, 0.29) is 18.5 Å². The number of benzene rings is 2. The maximum absolute atomic E-state index is 13.0. The molecule has 0 saturated heterocycles. The highest BCUT2D eigenvalue weighted by Crippen LogP contribution is 2.49. The number of fused-ring (bicyclic) bond motifs is 4. The van der Waals surface area contributed by atoms with Crippen molar-refractivity contribution in [1.82, 2.24) is 4.98 Å². The van der Waals surface area contributed by atoms with Gasteiger partial charge in [0.15, 0.2) is 17.3 Å². The smallest absolute Gasteiger partial charge is 0.231 e. The molecule has 5 nitrogen and oxygen atoms in total. The van der Waals surface area contributed by atoms with Gasteiger partial charge in [-0.3, -0.25) is 9.78 Å². The Morgan fingerprint density at radius 3 is 2.93 bits per heavy atom. The van der Waals surface area contributed by atoms with E-state index in [9.17, 15) is 4.79 Å². The predicted molar refractivity (Wildman–Crippen MR) is 106 cm³/mol. The third kappa shape index (κ3) is 2.19. The number of rotatable bonds is 1. The molecule has 3 aliphatic rings. The number of aromatic nitrogens is 1.